The van der Waals surface area contributed by atoms with Crippen LogP contribution in [-0.2, 0) is 11.3 Å². The Morgan fingerprint density at radius 1 is 1.10 bits per heavy atom. The van der Waals surface area contributed by atoms with Crippen molar-refractivity contribution in [2.45, 2.75) is 95.3 Å². The molecule has 4 rings (SSSR count). The van der Waals surface area contributed by atoms with Crippen LogP contribution in [0.2, 0.25) is 0 Å². The Labute approximate surface area is 183 Å². The number of thiazole rings is 1. The van der Waals surface area contributed by atoms with Crippen LogP contribution in [0.4, 0.5) is 9.93 Å². The van der Waals surface area contributed by atoms with E-state index in [0.29, 0.717) is 23.8 Å². The summed E-state index contributed by atoms with van der Waals surface area (Å²) in [5, 5.41) is 3.74. The maximum atomic E-state index is 13.3. The number of hydrogen-bond donors (Lipinski definition) is 2. The number of anilines is 1. The van der Waals surface area contributed by atoms with Gasteiger partial charge in [-0.25, -0.2) is 9.78 Å². The van der Waals surface area contributed by atoms with Crippen LogP contribution in [-0.4, -0.2) is 51.4 Å². The molecule has 7 nitrogen and oxygen atoms in total. The molecular formula is C22H34N5O2S. The van der Waals surface area contributed by atoms with Crippen LogP contribution in [0.3, 0.4) is 0 Å². The van der Waals surface area contributed by atoms with E-state index >= 15 is 0 Å². The minimum absolute atomic E-state index is 0.0132. The summed E-state index contributed by atoms with van der Waals surface area (Å²) in [5.41, 5.74) is 5.50. The highest BCUT2D eigenvalue weighted by atomic mass is 32.1. The molecule has 30 heavy (non-hydrogen) atoms. The van der Waals surface area contributed by atoms with Gasteiger partial charge < -0.3 is 10.6 Å². The summed E-state index contributed by atoms with van der Waals surface area (Å²) in [4.78, 5) is 34.6. The average Bonchev–Trinajstić information content (AvgIpc) is 3.40. The molecule has 0 spiro atoms. The molecular weight excluding hydrogens is 398 g/mol. The number of amides is 3. The molecule has 1 aliphatic heterocycles. The first-order chi connectivity index (χ1) is 14.6. The number of nitrogens with one attached hydrogen (secondary N) is 1. The fraction of sp³-hybridized carbons (Fsp3) is 0.727. The molecule has 1 saturated heterocycles. The standard InChI is InChI=1S/C22H34N5O2S/c23-20(28)19-12-7-13-26(19)15-18-14-24-21(30-18)25-22(29)27(16-8-3-1-4-9-16)17-10-5-2-6-11-17/h12,14,16-17,19H,1-11,13,15H2,(H2,23,28)(H,24,25,29). The monoisotopic (exact) mass is 432 g/mol. The highest BCUT2D eigenvalue weighted by Crippen LogP contribution is 2.31. The van der Waals surface area contributed by atoms with Gasteiger partial charge in [0.1, 0.15) is 0 Å². The Kier molecular flexibility index (Phi) is 7.25. The summed E-state index contributed by atoms with van der Waals surface area (Å²) in [6.45, 7) is 1.46. The SMILES string of the molecule is NC(=O)C1[CH]CCN1Cc1cnc(NC(=O)N(C2CCCCC2)C2CCCCC2)s1. The number of urea groups is 1. The molecule has 2 aliphatic carbocycles. The first kappa shape index (κ1) is 21.6. The van der Waals surface area contributed by atoms with Crippen LogP contribution in [0, 0.1) is 6.42 Å². The molecule has 3 fully saturated rings. The molecule has 1 aromatic rings. The van der Waals surface area contributed by atoms with Gasteiger partial charge in [-0.15, -0.1) is 11.3 Å². The molecule has 2 heterocycles. The minimum atomic E-state index is -0.307. The van der Waals surface area contributed by atoms with E-state index in [9.17, 15) is 9.59 Å². The normalized spacial score (nSPS) is 24.1. The van der Waals surface area contributed by atoms with Gasteiger partial charge in [-0.05, 0) is 45.1 Å². The number of rotatable bonds is 6. The number of likely N-dealkylation sites (tertiary alicyclic amines) is 1. The van der Waals surface area contributed by atoms with Crippen molar-refractivity contribution in [3.63, 3.8) is 0 Å². The number of carbonyl (C=O) groups is 2. The predicted molar refractivity (Wildman–Crippen MR) is 119 cm³/mol. The fourth-order valence-electron chi connectivity index (χ4n) is 5.30. The molecule has 3 N–H and O–H groups in total. The lowest BCUT2D eigenvalue weighted by Crippen LogP contribution is -2.50. The summed E-state index contributed by atoms with van der Waals surface area (Å²) in [5.74, 6) is -0.304. The van der Waals surface area contributed by atoms with Crippen LogP contribution < -0.4 is 11.1 Å². The molecule has 1 unspecified atom stereocenters. The Hall–Kier alpha value is -1.67. The second kappa shape index (κ2) is 10.1. The molecule has 8 heteroatoms. The number of carbonyl (C=O) groups excluding carboxylic acids is 2. The van der Waals surface area contributed by atoms with E-state index in [2.05, 4.69) is 20.1 Å². The maximum absolute atomic E-state index is 13.3. The first-order valence-electron chi connectivity index (χ1n) is 11.5. The molecule has 1 aromatic heterocycles. The van der Waals surface area contributed by atoms with Gasteiger partial charge in [-0.2, -0.15) is 0 Å². The molecule has 3 amide bonds. The largest absolute Gasteiger partial charge is 0.368 e. The molecule has 165 valence electrons. The Balaban J connectivity index is 1.40. The number of nitrogens with zero attached hydrogens (tertiary/aromatic N) is 3. The smallest absolute Gasteiger partial charge is 0.324 e. The van der Waals surface area contributed by atoms with Crippen molar-refractivity contribution >= 4 is 28.4 Å². The lowest BCUT2D eigenvalue weighted by atomic mass is 9.89. The average molecular weight is 433 g/mol. The van der Waals surface area contributed by atoms with Crippen molar-refractivity contribution in [1.82, 2.24) is 14.8 Å². The zero-order valence-corrected chi connectivity index (χ0v) is 18.5. The maximum Gasteiger partial charge on any atom is 0.324 e. The molecule has 1 radical (unpaired) electrons. The van der Waals surface area contributed by atoms with E-state index in [1.807, 2.05) is 12.6 Å². The Morgan fingerprint density at radius 3 is 2.33 bits per heavy atom. The minimum Gasteiger partial charge on any atom is -0.368 e. The second-order valence-electron chi connectivity index (χ2n) is 8.89. The van der Waals surface area contributed by atoms with Gasteiger partial charge in [-0.1, -0.05) is 38.5 Å². The van der Waals surface area contributed by atoms with E-state index in [-0.39, 0.29) is 18.0 Å². The summed E-state index contributed by atoms with van der Waals surface area (Å²) >= 11 is 1.50. The molecule has 0 aromatic carbocycles. The van der Waals surface area contributed by atoms with Crippen molar-refractivity contribution < 1.29 is 9.59 Å². The third kappa shape index (κ3) is 5.14. The zero-order valence-electron chi connectivity index (χ0n) is 17.7. The van der Waals surface area contributed by atoms with Crippen LogP contribution in [0.25, 0.3) is 0 Å². The quantitative estimate of drug-likeness (QED) is 0.713. The first-order valence-corrected chi connectivity index (χ1v) is 12.3. The summed E-state index contributed by atoms with van der Waals surface area (Å²) in [6, 6.07) is 0.424. The van der Waals surface area contributed by atoms with Crippen molar-refractivity contribution in [3.05, 3.63) is 17.5 Å². The van der Waals surface area contributed by atoms with Crippen molar-refractivity contribution in [3.8, 4) is 0 Å². The van der Waals surface area contributed by atoms with Crippen LogP contribution in [0.1, 0.15) is 75.5 Å². The second-order valence-corrected chi connectivity index (χ2v) is 10.0. The third-order valence-electron chi connectivity index (χ3n) is 6.79. The summed E-state index contributed by atoms with van der Waals surface area (Å²) in [6.07, 6.45) is 16.6. The third-order valence-corrected chi connectivity index (χ3v) is 7.69. The zero-order chi connectivity index (χ0) is 20.9. The molecule has 0 bridgehead atoms. The van der Waals surface area contributed by atoms with Gasteiger partial charge in [0.2, 0.25) is 5.91 Å². The van der Waals surface area contributed by atoms with E-state index in [0.717, 1.165) is 43.5 Å². The van der Waals surface area contributed by atoms with Crippen LogP contribution >= 0.6 is 11.3 Å². The lowest BCUT2D eigenvalue weighted by molar-refractivity contribution is -0.121. The Bertz CT molecular complexity index is 709. The van der Waals surface area contributed by atoms with E-state index in [1.54, 1.807) is 0 Å². The highest BCUT2D eigenvalue weighted by molar-refractivity contribution is 7.15. The number of nitrogens with two attached hydrogens (primary N) is 1. The van der Waals surface area contributed by atoms with Gasteiger partial charge in [0.05, 0.1) is 6.04 Å². The summed E-state index contributed by atoms with van der Waals surface area (Å²) in [7, 11) is 0. The molecule has 2 saturated carbocycles. The van der Waals surface area contributed by atoms with Gasteiger partial charge in [0.15, 0.2) is 5.13 Å². The van der Waals surface area contributed by atoms with Gasteiger partial charge in [-0.3, -0.25) is 15.0 Å². The van der Waals surface area contributed by atoms with E-state index < -0.39 is 0 Å². The van der Waals surface area contributed by atoms with Gasteiger partial charge >= 0.3 is 6.03 Å². The van der Waals surface area contributed by atoms with Gasteiger partial charge in [0, 0.05) is 29.7 Å². The number of hydrogen-bond acceptors (Lipinski definition) is 5. The Morgan fingerprint density at radius 2 is 1.73 bits per heavy atom. The van der Waals surface area contributed by atoms with Crippen molar-refractivity contribution in [2.75, 3.05) is 11.9 Å². The van der Waals surface area contributed by atoms with Crippen molar-refractivity contribution in [1.29, 1.82) is 0 Å². The lowest BCUT2D eigenvalue weighted by Gasteiger charge is -2.41. The molecule has 1 atom stereocenters. The summed E-state index contributed by atoms with van der Waals surface area (Å²) < 4.78 is 0. The highest BCUT2D eigenvalue weighted by Gasteiger charge is 2.33. The van der Waals surface area contributed by atoms with E-state index in [1.165, 1.54) is 49.9 Å². The van der Waals surface area contributed by atoms with Crippen LogP contribution in [0.15, 0.2) is 6.20 Å². The predicted octanol–water partition coefficient (Wildman–Crippen LogP) is 3.91. The fourth-order valence-corrected chi connectivity index (χ4v) is 6.13. The van der Waals surface area contributed by atoms with E-state index in [4.69, 9.17) is 5.73 Å². The van der Waals surface area contributed by atoms with Gasteiger partial charge in [0.25, 0.3) is 0 Å². The number of primary amides is 1. The number of aromatic nitrogens is 1. The molecule has 3 aliphatic rings. The van der Waals surface area contributed by atoms with Crippen molar-refractivity contribution in [2.24, 2.45) is 5.73 Å². The topological polar surface area (TPSA) is 91.6 Å². The van der Waals surface area contributed by atoms with Crippen LogP contribution in [0.5, 0.6) is 0 Å².